The maximum Gasteiger partial charge on any atom is 0.317 e. The van der Waals surface area contributed by atoms with E-state index in [1.807, 2.05) is 37.3 Å². The summed E-state index contributed by atoms with van der Waals surface area (Å²) in [5, 5.41) is 3.17. The van der Waals surface area contributed by atoms with Crippen LogP contribution in [-0.4, -0.2) is 56.4 Å². The molecule has 1 atom stereocenters. The molecule has 1 aliphatic heterocycles. The Morgan fingerprint density at radius 3 is 2.26 bits per heavy atom. The number of piperazine rings is 1. The summed E-state index contributed by atoms with van der Waals surface area (Å²) in [6, 6.07) is 16.4. The van der Waals surface area contributed by atoms with Crippen molar-refractivity contribution in [1.29, 1.82) is 0 Å². The fourth-order valence-electron chi connectivity index (χ4n) is 3.94. The lowest BCUT2D eigenvalue weighted by Crippen LogP contribution is -2.53. The van der Waals surface area contributed by atoms with Crippen LogP contribution in [0.15, 0.2) is 59.5 Å². The first-order valence-corrected chi connectivity index (χ1v) is 12.3. The normalized spacial score (nSPS) is 18.4. The molecule has 2 aromatic carbocycles. The Morgan fingerprint density at radius 2 is 1.68 bits per heavy atom. The first kappa shape index (κ1) is 21.6. The Kier molecular flexibility index (Phi) is 6.48. The molecule has 0 radical (unpaired) electrons. The van der Waals surface area contributed by atoms with Gasteiger partial charge < -0.3 is 15.0 Å². The van der Waals surface area contributed by atoms with E-state index in [1.165, 1.54) is 4.31 Å². The number of urea groups is 1. The average Bonchev–Trinajstić information content (AvgIpc) is 3.64. The van der Waals surface area contributed by atoms with Crippen molar-refractivity contribution in [3.63, 3.8) is 0 Å². The summed E-state index contributed by atoms with van der Waals surface area (Å²) in [6.45, 7) is 3.71. The standard InChI is InChI=1S/C23H29N3O4S/c1-2-30-20-10-12-21(13-11-20)31(28,29)26-16-14-25(15-17-26)23(27)24-22(19-8-9-19)18-6-4-3-5-7-18/h3-7,10-13,19,22H,2,8-9,14-17H2,1H3,(H,24,27). The summed E-state index contributed by atoms with van der Waals surface area (Å²) in [5.41, 5.74) is 1.12. The molecule has 1 unspecified atom stereocenters. The summed E-state index contributed by atoms with van der Waals surface area (Å²) in [7, 11) is -3.59. The maximum atomic E-state index is 13.0. The van der Waals surface area contributed by atoms with Crippen molar-refractivity contribution in [3.8, 4) is 5.75 Å². The Labute approximate surface area is 184 Å². The number of rotatable bonds is 7. The van der Waals surface area contributed by atoms with Crippen LogP contribution in [0.5, 0.6) is 5.75 Å². The topological polar surface area (TPSA) is 79.0 Å². The van der Waals surface area contributed by atoms with Gasteiger partial charge in [-0.15, -0.1) is 0 Å². The minimum absolute atomic E-state index is 0.0133. The molecule has 7 nitrogen and oxygen atoms in total. The number of hydrogen-bond donors (Lipinski definition) is 1. The predicted molar refractivity (Wildman–Crippen MR) is 118 cm³/mol. The number of nitrogens with zero attached hydrogens (tertiary/aromatic N) is 2. The third kappa shape index (κ3) is 5.02. The predicted octanol–water partition coefficient (Wildman–Crippen LogP) is 3.25. The van der Waals surface area contributed by atoms with E-state index in [1.54, 1.807) is 29.2 Å². The van der Waals surface area contributed by atoms with Crippen LogP contribution in [0.25, 0.3) is 0 Å². The zero-order valence-electron chi connectivity index (χ0n) is 17.7. The van der Waals surface area contributed by atoms with Crippen molar-refractivity contribution >= 4 is 16.1 Å². The van der Waals surface area contributed by atoms with Crippen LogP contribution >= 0.6 is 0 Å². The van der Waals surface area contributed by atoms with E-state index in [9.17, 15) is 13.2 Å². The van der Waals surface area contributed by atoms with E-state index in [-0.39, 0.29) is 30.1 Å². The number of hydrogen-bond acceptors (Lipinski definition) is 4. The van der Waals surface area contributed by atoms with Crippen molar-refractivity contribution in [2.75, 3.05) is 32.8 Å². The summed E-state index contributed by atoms with van der Waals surface area (Å²) < 4.78 is 32.7. The van der Waals surface area contributed by atoms with Crippen LogP contribution in [0.3, 0.4) is 0 Å². The van der Waals surface area contributed by atoms with Crippen LogP contribution in [0.1, 0.15) is 31.4 Å². The first-order chi connectivity index (χ1) is 15.0. The van der Waals surface area contributed by atoms with Gasteiger partial charge in [0.05, 0.1) is 17.5 Å². The first-order valence-electron chi connectivity index (χ1n) is 10.8. The van der Waals surface area contributed by atoms with Crippen LogP contribution in [0.2, 0.25) is 0 Å². The average molecular weight is 444 g/mol. The number of ether oxygens (including phenoxy) is 1. The lowest BCUT2D eigenvalue weighted by atomic mass is 10.0. The van der Waals surface area contributed by atoms with Crippen molar-refractivity contribution < 1.29 is 17.9 Å². The fraction of sp³-hybridized carbons (Fsp3) is 0.435. The molecule has 8 heteroatoms. The minimum atomic E-state index is -3.59. The van der Waals surface area contributed by atoms with Gasteiger partial charge in [-0.05, 0) is 55.5 Å². The van der Waals surface area contributed by atoms with E-state index in [0.717, 1.165) is 18.4 Å². The van der Waals surface area contributed by atoms with Crippen molar-refractivity contribution in [3.05, 3.63) is 60.2 Å². The van der Waals surface area contributed by atoms with Crippen LogP contribution in [-0.2, 0) is 10.0 Å². The molecule has 1 saturated carbocycles. The van der Waals surface area contributed by atoms with Crippen molar-refractivity contribution in [1.82, 2.24) is 14.5 Å². The number of carbonyl (C=O) groups excluding carboxylic acids is 1. The molecule has 2 amide bonds. The SMILES string of the molecule is CCOc1ccc(S(=O)(=O)N2CCN(C(=O)NC(c3ccccc3)C3CC3)CC2)cc1. The second kappa shape index (κ2) is 9.28. The van der Waals surface area contributed by atoms with Crippen molar-refractivity contribution in [2.45, 2.75) is 30.7 Å². The second-order valence-electron chi connectivity index (χ2n) is 7.97. The molecule has 1 aliphatic carbocycles. The van der Waals surface area contributed by atoms with E-state index in [4.69, 9.17) is 4.74 Å². The van der Waals surface area contributed by atoms with Gasteiger partial charge in [-0.25, -0.2) is 13.2 Å². The van der Waals surface area contributed by atoms with Crippen LogP contribution < -0.4 is 10.1 Å². The highest BCUT2D eigenvalue weighted by Gasteiger charge is 2.35. The van der Waals surface area contributed by atoms with Crippen molar-refractivity contribution in [2.24, 2.45) is 5.92 Å². The smallest absolute Gasteiger partial charge is 0.317 e. The van der Waals surface area contributed by atoms with Gasteiger partial charge in [-0.1, -0.05) is 30.3 Å². The summed E-state index contributed by atoms with van der Waals surface area (Å²) >= 11 is 0. The summed E-state index contributed by atoms with van der Waals surface area (Å²) in [5.74, 6) is 1.12. The number of nitrogens with one attached hydrogen (secondary N) is 1. The number of sulfonamides is 1. The molecule has 0 bridgehead atoms. The second-order valence-corrected chi connectivity index (χ2v) is 9.91. The molecule has 4 rings (SSSR count). The molecule has 1 heterocycles. The Bertz CT molecular complexity index is 983. The molecule has 2 aromatic rings. The van der Waals surface area contributed by atoms with E-state index < -0.39 is 10.0 Å². The molecule has 1 saturated heterocycles. The quantitative estimate of drug-likeness (QED) is 0.713. The molecule has 1 N–H and O–H groups in total. The monoisotopic (exact) mass is 443 g/mol. The van der Waals surface area contributed by atoms with Gasteiger partial charge in [0, 0.05) is 26.2 Å². The van der Waals surface area contributed by atoms with Gasteiger partial charge in [-0.3, -0.25) is 0 Å². The third-order valence-electron chi connectivity index (χ3n) is 5.83. The molecular formula is C23H29N3O4S. The molecule has 2 fully saturated rings. The van der Waals surface area contributed by atoms with Gasteiger partial charge in [-0.2, -0.15) is 4.31 Å². The molecular weight excluding hydrogens is 414 g/mol. The highest BCUT2D eigenvalue weighted by Crippen LogP contribution is 2.41. The molecule has 166 valence electrons. The molecule has 0 aromatic heterocycles. The van der Waals surface area contributed by atoms with Gasteiger partial charge >= 0.3 is 6.03 Å². The van der Waals surface area contributed by atoms with Gasteiger partial charge in [0.15, 0.2) is 0 Å². The number of amides is 2. The van der Waals surface area contributed by atoms with Gasteiger partial charge in [0.1, 0.15) is 5.75 Å². The highest BCUT2D eigenvalue weighted by molar-refractivity contribution is 7.89. The molecule has 31 heavy (non-hydrogen) atoms. The maximum absolute atomic E-state index is 13.0. The summed E-state index contributed by atoms with van der Waals surface area (Å²) in [4.78, 5) is 14.8. The number of carbonyl (C=O) groups is 1. The lowest BCUT2D eigenvalue weighted by Gasteiger charge is -2.35. The Morgan fingerprint density at radius 1 is 1.03 bits per heavy atom. The zero-order valence-corrected chi connectivity index (χ0v) is 18.6. The van der Waals surface area contributed by atoms with E-state index in [2.05, 4.69) is 5.32 Å². The Hall–Kier alpha value is -2.58. The summed E-state index contributed by atoms with van der Waals surface area (Å²) in [6.07, 6.45) is 2.24. The van der Waals surface area contributed by atoms with E-state index >= 15 is 0 Å². The number of benzene rings is 2. The van der Waals surface area contributed by atoms with Gasteiger partial charge in [0.25, 0.3) is 0 Å². The fourth-order valence-corrected chi connectivity index (χ4v) is 5.36. The molecule has 2 aliphatic rings. The lowest BCUT2D eigenvalue weighted by molar-refractivity contribution is 0.167. The third-order valence-corrected chi connectivity index (χ3v) is 7.74. The van der Waals surface area contributed by atoms with E-state index in [0.29, 0.717) is 31.4 Å². The van der Waals surface area contributed by atoms with Gasteiger partial charge in [0.2, 0.25) is 10.0 Å². The van der Waals surface area contributed by atoms with Crippen LogP contribution in [0.4, 0.5) is 4.79 Å². The minimum Gasteiger partial charge on any atom is -0.494 e. The Balaban J connectivity index is 1.36. The largest absolute Gasteiger partial charge is 0.494 e. The molecule has 0 spiro atoms. The highest BCUT2D eigenvalue weighted by atomic mass is 32.2. The van der Waals surface area contributed by atoms with Crippen LogP contribution in [0, 0.1) is 5.92 Å². The zero-order chi connectivity index (χ0) is 21.8.